The van der Waals surface area contributed by atoms with Gasteiger partial charge in [0.25, 0.3) is 0 Å². The van der Waals surface area contributed by atoms with Crippen LogP contribution in [0.3, 0.4) is 0 Å². The second-order valence-electron chi connectivity index (χ2n) is 11.0. The van der Waals surface area contributed by atoms with E-state index in [4.69, 9.17) is 4.74 Å². The number of aromatic nitrogens is 3. The van der Waals surface area contributed by atoms with Crippen LogP contribution in [-0.2, 0) is 11.8 Å². The molecule has 198 valence electrons. The molecule has 9 heteroatoms. The Labute approximate surface area is 218 Å². The van der Waals surface area contributed by atoms with Crippen molar-refractivity contribution in [1.82, 2.24) is 23.8 Å². The topological polar surface area (TPSA) is 92.3 Å². The van der Waals surface area contributed by atoms with Crippen LogP contribution in [0, 0.1) is 6.92 Å². The number of carboxylic acids is 1. The number of nitrogens with zero attached hydrogens (tertiary/aromatic N) is 5. The Bertz CT molecular complexity index is 1370. The minimum Gasteiger partial charge on any atom is -0.478 e. The molecule has 0 unspecified atom stereocenters. The number of carboxylic acid groups (broad SMARTS) is 1. The summed E-state index contributed by atoms with van der Waals surface area (Å²) in [7, 11) is 1.95. The van der Waals surface area contributed by atoms with Crippen LogP contribution in [0.25, 0.3) is 22.6 Å². The van der Waals surface area contributed by atoms with Gasteiger partial charge in [-0.25, -0.2) is 14.6 Å². The molecule has 1 aliphatic heterocycles. The highest BCUT2D eigenvalue weighted by atomic mass is 16.6. The fraction of sp³-hybridized carbons (Fsp3) is 0.464. The average Bonchev–Trinajstić information content (AvgIpc) is 3.39. The van der Waals surface area contributed by atoms with Crippen molar-refractivity contribution < 1.29 is 19.4 Å². The molecule has 0 aromatic carbocycles. The molecule has 3 aromatic heterocycles. The summed E-state index contributed by atoms with van der Waals surface area (Å²) in [4.78, 5) is 33.2. The minimum absolute atomic E-state index is 0.138. The molecule has 1 amide bonds. The molecule has 37 heavy (non-hydrogen) atoms. The van der Waals surface area contributed by atoms with Gasteiger partial charge in [0.15, 0.2) is 0 Å². The number of fused-ring (bicyclic) bond motifs is 1. The molecule has 0 aliphatic carbocycles. The van der Waals surface area contributed by atoms with Gasteiger partial charge in [-0.05, 0) is 50.8 Å². The van der Waals surface area contributed by atoms with Crippen molar-refractivity contribution in [2.45, 2.75) is 53.1 Å². The molecule has 0 atom stereocenters. The second kappa shape index (κ2) is 9.61. The monoisotopic (exact) mass is 507 g/mol. The number of carbonyl (C=O) groups is 2. The van der Waals surface area contributed by atoms with Crippen LogP contribution in [0.4, 0.5) is 4.79 Å². The maximum absolute atomic E-state index is 12.5. The van der Waals surface area contributed by atoms with Crippen LogP contribution in [0.5, 0.6) is 0 Å². The Hall–Kier alpha value is -3.75. The van der Waals surface area contributed by atoms with Crippen LogP contribution < -0.4 is 0 Å². The van der Waals surface area contributed by atoms with E-state index in [1.807, 2.05) is 51.7 Å². The first-order valence-corrected chi connectivity index (χ1v) is 12.6. The molecule has 4 rings (SSSR count). The van der Waals surface area contributed by atoms with Crippen molar-refractivity contribution in [3.8, 4) is 11.4 Å². The van der Waals surface area contributed by atoms with E-state index in [1.165, 1.54) is 0 Å². The molecular weight excluding hydrogens is 470 g/mol. The normalized spacial score (nSPS) is 14.5. The van der Waals surface area contributed by atoms with E-state index in [1.54, 1.807) is 17.2 Å². The highest BCUT2D eigenvalue weighted by Crippen LogP contribution is 2.37. The first-order chi connectivity index (χ1) is 17.3. The van der Waals surface area contributed by atoms with Gasteiger partial charge in [0.1, 0.15) is 11.4 Å². The predicted octanol–water partition coefficient (Wildman–Crippen LogP) is 4.99. The summed E-state index contributed by atoms with van der Waals surface area (Å²) in [5, 5.41) is 10.1. The number of carbonyl (C=O) groups excluding carboxylic acids is 1. The molecule has 1 N–H and O–H groups in total. The average molecular weight is 508 g/mol. The lowest BCUT2D eigenvalue weighted by Crippen LogP contribution is -2.49. The Balaban J connectivity index is 1.77. The van der Waals surface area contributed by atoms with Crippen LogP contribution in [0.1, 0.15) is 67.7 Å². The zero-order valence-corrected chi connectivity index (χ0v) is 22.8. The number of rotatable bonds is 5. The number of pyridine rings is 1. The van der Waals surface area contributed by atoms with E-state index in [9.17, 15) is 14.7 Å². The summed E-state index contributed by atoms with van der Waals surface area (Å²) in [5.74, 6) is -0.0118. The minimum atomic E-state index is -0.974. The number of hydrogen-bond acceptors (Lipinski definition) is 5. The highest BCUT2D eigenvalue weighted by Gasteiger charge is 2.29. The van der Waals surface area contributed by atoms with Crippen LogP contribution in [-0.4, -0.2) is 72.7 Å². The molecule has 4 heterocycles. The van der Waals surface area contributed by atoms with Crippen molar-refractivity contribution in [3.05, 3.63) is 53.6 Å². The lowest BCUT2D eigenvalue weighted by Gasteiger charge is -2.38. The number of imidazole rings is 1. The highest BCUT2D eigenvalue weighted by molar-refractivity contribution is 5.94. The van der Waals surface area contributed by atoms with Crippen molar-refractivity contribution in [2.24, 2.45) is 7.05 Å². The summed E-state index contributed by atoms with van der Waals surface area (Å²) in [6, 6.07) is 1.76. The standard InChI is InChI=1S/C28H37N5O4/c1-17(2)23-21(25-29-9-10-30(25)8)16-33-22(23)15-20(26(34)35)18(3)24(33)19(4)31-11-13-32(14-12-31)27(36)37-28(5,6)7/h9-10,15-17H,4,11-14H2,1-3,5-8H3,(H,34,35). The summed E-state index contributed by atoms with van der Waals surface area (Å²) in [5.41, 5.74) is 4.67. The third-order valence-corrected chi connectivity index (χ3v) is 6.82. The summed E-state index contributed by atoms with van der Waals surface area (Å²) in [6.07, 6.45) is 5.39. The largest absolute Gasteiger partial charge is 0.478 e. The SMILES string of the molecule is C=C(c1c(C)c(C(=O)O)cc2c(C(C)C)c(-c3nccn3C)cn12)N1CCN(C(=O)OC(C)(C)C)CC1. The molecule has 3 aromatic rings. The van der Waals surface area contributed by atoms with E-state index >= 15 is 0 Å². The maximum Gasteiger partial charge on any atom is 0.410 e. The van der Waals surface area contributed by atoms with Crippen LogP contribution in [0.2, 0.25) is 0 Å². The number of hydrogen-bond donors (Lipinski definition) is 1. The number of aryl methyl sites for hydroxylation is 1. The summed E-state index contributed by atoms with van der Waals surface area (Å²) in [6.45, 7) is 18.1. The fourth-order valence-electron chi connectivity index (χ4n) is 5.04. The molecule has 9 nitrogen and oxygen atoms in total. The Morgan fingerprint density at radius 3 is 2.27 bits per heavy atom. The molecule has 1 aliphatic rings. The number of ether oxygens (including phenoxy) is 1. The zero-order valence-electron chi connectivity index (χ0n) is 22.8. The van der Waals surface area contributed by atoms with E-state index in [-0.39, 0.29) is 17.6 Å². The molecular formula is C28H37N5O4. The first kappa shape index (κ1) is 26.3. The Kier molecular flexibility index (Phi) is 6.83. The second-order valence-corrected chi connectivity index (χ2v) is 11.0. The van der Waals surface area contributed by atoms with Gasteiger partial charge in [0.2, 0.25) is 0 Å². The predicted molar refractivity (Wildman–Crippen MR) is 144 cm³/mol. The van der Waals surface area contributed by atoms with E-state index in [0.29, 0.717) is 31.7 Å². The van der Waals surface area contributed by atoms with E-state index < -0.39 is 11.6 Å². The van der Waals surface area contributed by atoms with E-state index in [0.717, 1.165) is 33.9 Å². The summed E-state index contributed by atoms with van der Waals surface area (Å²) >= 11 is 0. The molecule has 0 bridgehead atoms. The van der Waals surface area contributed by atoms with Gasteiger partial charge in [0, 0.05) is 57.4 Å². The van der Waals surface area contributed by atoms with E-state index in [2.05, 4.69) is 34.7 Å². The fourth-order valence-corrected chi connectivity index (χ4v) is 5.04. The van der Waals surface area contributed by atoms with Gasteiger partial charge < -0.3 is 28.6 Å². The van der Waals surface area contributed by atoms with Crippen molar-refractivity contribution in [2.75, 3.05) is 26.2 Å². The van der Waals surface area contributed by atoms with Crippen molar-refractivity contribution >= 4 is 23.3 Å². The quantitative estimate of drug-likeness (QED) is 0.523. The molecule has 1 saturated heterocycles. The molecule has 1 fully saturated rings. The zero-order chi connectivity index (χ0) is 27.2. The van der Waals surface area contributed by atoms with Crippen LogP contribution in [0.15, 0.2) is 31.2 Å². The molecule has 0 saturated carbocycles. The maximum atomic E-state index is 12.5. The lowest BCUT2D eigenvalue weighted by atomic mass is 9.97. The summed E-state index contributed by atoms with van der Waals surface area (Å²) < 4.78 is 9.56. The van der Waals surface area contributed by atoms with Gasteiger partial charge in [-0.2, -0.15) is 0 Å². The first-order valence-electron chi connectivity index (χ1n) is 12.6. The molecule has 0 radical (unpaired) electrons. The lowest BCUT2D eigenvalue weighted by molar-refractivity contribution is 0.0182. The van der Waals surface area contributed by atoms with Gasteiger partial charge in [-0.15, -0.1) is 0 Å². The van der Waals surface area contributed by atoms with Gasteiger partial charge in [0.05, 0.1) is 22.5 Å². The Morgan fingerprint density at radius 2 is 1.76 bits per heavy atom. The van der Waals surface area contributed by atoms with Gasteiger partial charge >= 0.3 is 12.1 Å². The van der Waals surface area contributed by atoms with Crippen LogP contribution >= 0.6 is 0 Å². The third kappa shape index (κ3) is 4.95. The van der Waals surface area contributed by atoms with Crippen molar-refractivity contribution in [3.63, 3.8) is 0 Å². The van der Waals surface area contributed by atoms with Gasteiger partial charge in [-0.3, -0.25) is 0 Å². The molecule has 0 spiro atoms. The third-order valence-electron chi connectivity index (χ3n) is 6.82. The van der Waals surface area contributed by atoms with Gasteiger partial charge in [-0.1, -0.05) is 20.4 Å². The smallest absolute Gasteiger partial charge is 0.410 e. The Morgan fingerprint density at radius 1 is 1.14 bits per heavy atom. The number of amides is 1. The van der Waals surface area contributed by atoms with Crippen molar-refractivity contribution in [1.29, 1.82) is 0 Å². The number of piperazine rings is 1. The number of aromatic carboxylic acids is 1.